The van der Waals surface area contributed by atoms with Gasteiger partial charge < -0.3 is 37.6 Å². The van der Waals surface area contributed by atoms with Crippen LogP contribution < -0.4 is 27.4 Å². The third kappa shape index (κ3) is 11.0. The van der Waals surface area contributed by atoms with Crippen LogP contribution in [0.15, 0.2) is 30.3 Å². The lowest BCUT2D eigenvalue weighted by Crippen LogP contribution is -2.56. The quantitative estimate of drug-likeness (QED) is 0.145. The van der Waals surface area contributed by atoms with Gasteiger partial charge in [-0.3, -0.25) is 28.8 Å². The molecule has 9 N–H and O–H groups in total. The molecule has 4 amide bonds. The molecule has 1 aromatic rings. The lowest BCUT2D eigenvalue weighted by Gasteiger charge is -2.24. The van der Waals surface area contributed by atoms with Gasteiger partial charge in [0.1, 0.15) is 18.6 Å². The number of rotatable bonds is 15. The second kappa shape index (κ2) is 14.2. The van der Waals surface area contributed by atoms with Gasteiger partial charge in [-0.1, -0.05) is 30.3 Å². The van der Waals surface area contributed by atoms with Gasteiger partial charge in [-0.25, -0.2) is 0 Å². The van der Waals surface area contributed by atoms with E-state index in [1.165, 1.54) is 0 Å². The molecule has 0 spiro atoms. The summed E-state index contributed by atoms with van der Waals surface area (Å²) in [7, 11) is 0. The van der Waals surface area contributed by atoms with Gasteiger partial charge in [0.05, 0.1) is 6.04 Å². The number of carboxylic acids is 2. The predicted octanol–water partition coefficient (Wildman–Crippen LogP) is -2.14. The first-order chi connectivity index (χ1) is 16.0. The molecular formula is C21H29N5O8. The van der Waals surface area contributed by atoms with Crippen LogP contribution >= 0.6 is 0 Å². The molecule has 0 fully saturated rings. The van der Waals surface area contributed by atoms with Crippen LogP contribution in [0, 0.1) is 0 Å². The van der Waals surface area contributed by atoms with Crippen molar-refractivity contribution in [1.82, 2.24) is 16.0 Å². The SMILES string of the molecule is NC(=O)CCC(NC(=O)C(Cc1ccccc1)NC(=O)C(N)CCC(=O)O)C(=O)NCC(=O)O. The molecule has 1 rings (SSSR count). The zero-order valence-electron chi connectivity index (χ0n) is 18.4. The number of carboxylic acid groups (broad SMARTS) is 2. The summed E-state index contributed by atoms with van der Waals surface area (Å²) < 4.78 is 0. The summed E-state index contributed by atoms with van der Waals surface area (Å²) in [5, 5.41) is 24.5. The Morgan fingerprint density at radius 2 is 1.41 bits per heavy atom. The van der Waals surface area contributed by atoms with E-state index in [0.717, 1.165) is 0 Å². The first-order valence-electron chi connectivity index (χ1n) is 10.4. The van der Waals surface area contributed by atoms with Crippen molar-refractivity contribution >= 4 is 35.6 Å². The minimum absolute atomic E-state index is 0.0172. The highest BCUT2D eigenvalue weighted by atomic mass is 16.4. The van der Waals surface area contributed by atoms with E-state index in [1.54, 1.807) is 30.3 Å². The molecule has 1 aromatic carbocycles. The maximum atomic E-state index is 13.0. The summed E-state index contributed by atoms with van der Waals surface area (Å²) in [6.07, 6.45) is -0.941. The fraction of sp³-hybridized carbons (Fsp3) is 0.429. The van der Waals surface area contributed by atoms with Gasteiger partial charge in [-0.15, -0.1) is 0 Å². The van der Waals surface area contributed by atoms with E-state index < -0.39 is 60.2 Å². The molecule has 34 heavy (non-hydrogen) atoms. The number of hydrogen-bond donors (Lipinski definition) is 7. The molecule has 0 aliphatic rings. The van der Waals surface area contributed by atoms with Crippen molar-refractivity contribution in [3.8, 4) is 0 Å². The molecular weight excluding hydrogens is 450 g/mol. The standard InChI is InChI=1S/C21H29N5O8/c22-13(6-9-17(28)29)19(32)26-15(10-12-4-2-1-3-5-12)21(34)25-14(7-8-16(23)27)20(33)24-11-18(30)31/h1-5,13-15H,6-11,22H2,(H2,23,27)(H,24,33)(H,25,34)(H,26,32)(H,28,29)(H,30,31). The Hall–Kier alpha value is -4.00. The van der Waals surface area contributed by atoms with Crippen molar-refractivity contribution in [2.45, 2.75) is 50.2 Å². The Kier molecular flexibility index (Phi) is 11.7. The minimum atomic E-state index is -1.31. The Morgan fingerprint density at radius 3 is 1.97 bits per heavy atom. The average molecular weight is 479 g/mol. The monoisotopic (exact) mass is 479 g/mol. The first-order valence-corrected chi connectivity index (χ1v) is 10.4. The second-order valence-electron chi connectivity index (χ2n) is 7.47. The molecule has 0 radical (unpaired) electrons. The van der Waals surface area contributed by atoms with Crippen molar-refractivity contribution in [2.24, 2.45) is 11.5 Å². The number of hydrogen-bond acceptors (Lipinski definition) is 7. The second-order valence-corrected chi connectivity index (χ2v) is 7.47. The zero-order chi connectivity index (χ0) is 25.7. The predicted molar refractivity (Wildman–Crippen MR) is 118 cm³/mol. The Labute approximate surface area is 195 Å². The van der Waals surface area contributed by atoms with Crippen LogP contribution in [-0.4, -0.2) is 70.5 Å². The fourth-order valence-corrected chi connectivity index (χ4v) is 2.86. The summed E-state index contributed by atoms with van der Waals surface area (Å²) in [6, 6.07) is 4.93. The van der Waals surface area contributed by atoms with Crippen LogP contribution in [0.4, 0.5) is 0 Å². The number of aliphatic carboxylic acids is 2. The maximum absolute atomic E-state index is 13.0. The lowest BCUT2D eigenvalue weighted by atomic mass is 10.0. The number of nitrogens with one attached hydrogen (secondary N) is 3. The average Bonchev–Trinajstić information content (AvgIpc) is 2.78. The molecule has 0 bridgehead atoms. The Bertz CT molecular complexity index is 892. The van der Waals surface area contributed by atoms with Crippen LogP contribution in [0.5, 0.6) is 0 Å². The molecule has 186 valence electrons. The van der Waals surface area contributed by atoms with Crippen LogP contribution in [0.3, 0.4) is 0 Å². The van der Waals surface area contributed by atoms with E-state index >= 15 is 0 Å². The highest BCUT2D eigenvalue weighted by molar-refractivity contribution is 5.94. The topological polar surface area (TPSA) is 231 Å². The van der Waals surface area contributed by atoms with Crippen LogP contribution in [-0.2, 0) is 35.2 Å². The van der Waals surface area contributed by atoms with Gasteiger partial charge in [0.15, 0.2) is 0 Å². The summed E-state index contributed by atoms with van der Waals surface area (Å²) in [5.41, 5.74) is 11.5. The van der Waals surface area contributed by atoms with Crippen molar-refractivity contribution in [1.29, 1.82) is 0 Å². The third-order valence-corrected chi connectivity index (χ3v) is 4.65. The van der Waals surface area contributed by atoms with E-state index in [1.807, 2.05) is 0 Å². The van der Waals surface area contributed by atoms with E-state index in [9.17, 15) is 28.8 Å². The highest BCUT2D eigenvalue weighted by Gasteiger charge is 2.29. The van der Waals surface area contributed by atoms with Crippen LogP contribution in [0.25, 0.3) is 0 Å². The maximum Gasteiger partial charge on any atom is 0.322 e. The van der Waals surface area contributed by atoms with Gasteiger partial charge in [0.2, 0.25) is 23.6 Å². The summed E-state index contributed by atoms with van der Waals surface area (Å²) >= 11 is 0. The van der Waals surface area contributed by atoms with E-state index in [-0.39, 0.29) is 32.1 Å². The number of amides is 4. The number of primary amides is 1. The Balaban J connectivity index is 3.01. The largest absolute Gasteiger partial charge is 0.481 e. The third-order valence-electron chi connectivity index (χ3n) is 4.65. The smallest absolute Gasteiger partial charge is 0.322 e. The zero-order valence-corrected chi connectivity index (χ0v) is 18.4. The Morgan fingerprint density at radius 1 is 0.794 bits per heavy atom. The van der Waals surface area contributed by atoms with Gasteiger partial charge in [-0.05, 0) is 18.4 Å². The molecule has 0 heterocycles. The van der Waals surface area contributed by atoms with E-state index in [2.05, 4.69) is 16.0 Å². The normalized spacial score (nSPS) is 13.1. The van der Waals surface area contributed by atoms with Gasteiger partial charge >= 0.3 is 11.9 Å². The molecule has 0 aliphatic carbocycles. The number of nitrogens with two attached hydrogens (primary N) is 2. The molecule has 0 saturated carbocycles. The fourth-order valence-electron chi connectivity index (χ4n) is 2.86. The lowest BCUT2D eigenvalue weighted by molar-refractivity contribution is -0.139. The van der Waals surface area contributed by atoms with Crippen LogP contribution in [0.2, 0.25) is 0 Å². The van der Waals surface area contributed by atoms with Crippen molar-refractivity contribution in [2.75, 3.05) is 6.54 Å². The van der Waals surface area contributed by atoms with Crippen LogP contribution in [0.1, 0.15) is 31.2 Å². The number of carbonyl (C=O) groups is 6. The molecule has 3 atom stereocenters. The molecule has 13 nitrogen and oxygen atoms in total. The minimum Gasteiger partial charge on any atom is -0.481 e. The van der Waals surface area contributed by atoms with Gasteiger partial charge in [0.25, 0.3) is 0 Å². The summed E-state index contributed by atoms with van der Waals surface area (Å²) in [5.74, 6) is -5.57. The number of carbonyl (C=O) groups excluding carboxylic acids is 4. The summed E-state index contributed by atoms with van der Waals surface area (Å²) in [6.45, 7) is -0.704. The first kappa shape index (κ1) is 28.0. The number of benzene rings is 1. The molecule has 13 heteroatoms. The van der Waals surface area contributed by atoms with Crippen molar-refractivity contribution in [3.05, 3.63) is 35.9 Å². The van der Waals surface area contributed by atoms with Crippen molar-refractivity contribution < 1.29 is 39.0 Å². The molecule has 0 aromatic heterocycles. The van der Waals surface area contributed by atoms with Gasteiger partial charge in [0, 0.05) is 19.3 Å². The summed E-state index contributed by atoms with van der Waals surface area (Å²) in [4.78, 5) is 70.4. The molecule has 3 unspecified atom stereocenters. The van der Waals surface area contributed by atoms with Gasteiger partial charge in [-0.2, -0.15) is 0 Å². The van der Waals surface area contributed by atoms with Crippen molar-refractivity contribution in [3.63, 3.8) is 0 Å². The molecule has 0 aliphatic heterocycles. The molecule has 0 saturated heterocycles. The van der Waals surface area contributed by atoms with E-state index in [4.69, 9.17) is 21.7 Å². The van der Waals surface area contributed by atoms with E-state index in [0.29, 0.717) is 5.56 Å². The highest BCUT2D eigenvalue weighted by Crippen LogP contribution is 2.06.